The van der Waals surface area contributed by atoms with Crippen molar-refractivity contribution >= 4 is 40.5 Å². The van der Waals surface area contributed by atoms with Gasteiger partial charge in [0.1, 0.15) is 11.6 Å². The molecule has 1 heterocycles. The van der Waals surface area contributed by atoms with Crippen molar-refractivity contribution in [2.24, 2.45) is 0 Å². The van der Waals surface area contributed by atoms with Crippen LogP contribution < -0.4 is 5.32 Å². The first-order valence-corrected chi connectivity index (χ1v) is 9.03. The van der Waals surface area contributed by atoms with E-state index in [1.54, 1.807) is 30.3 Å². The summed E-state index contributed by atoms with van der Waals surface area (Å²) in [6.07, 6.45) is 0. The van der Waals surface area contributed by atoms with Crippen molar-refractivity contribution in [1.82, 2.24) is 4.98 Å². The normalized spacial score (nSPS) is 10.4. The molecule has 26 heavy (non-hydrogen) atoms. The maximum Gasteiger partial charge on any atom is 0.338 e. The average Bonchev–Trinajstić information content (AvgIpc) is 3.08. The Morgan fingerprint density at radius 2 is 2.00 bits per heavy atom. The number of hydrogen-bond donors (Lipinski definition) is 1. The smallest absolute Gasteiger partial charge is 0.338 e. The van der Waals surface area contributed by atoms with Gasteiger partial charge in [-0.05, 0) is 24.3 Å². The predicted molar refractivity (Wildman–Crippen MR) is 102 cm³/mol. The molecular weight excluding hydrogens is 372 g/mol. The summed E-state index contributed by atoms with van der Waals surface area (Å²) in [6, 6.07) is 14.0. The van der Waals surface area contributed by atoms with Crippen molar-refractivity contribution < 1.29 is 14.3 Å². The van der Waals surface area contributed by atoms with Gasteiger partial charge >= 0.3 is 5.97 Å². The zero-order chi connectivity index (χ0) is 18.5. The van der Waals surface area contributed by atoms with Crippen LogP contribution in [0.3, 0.4) is 0 Å². The van der Waals surface area contributed by atoms with Crippen molar-refractivity contribution in [3.8, 4) is 10.6 Å². The number of ether oxygens (including phenoxy) is 1. The third kappa shape index (κ3) is 4.47. The lowest BCUT2D eigenvalue weighted by molar-refractivity contribution is -0.114. The quantitative estimate of drug-likeness (QED) is 0.641. The maximum absolute atomic E-state index is 12.2. The van der Waals surface area contributed by atoms with Crippen molar-refractivity contribution in [3.63, 3.8) is 0 Å². The number of carbonyl (C=O) groups is 2. The first-order chi connectivity index (χ1) is 12.5. The number of nitrogens with zero attached hydrogens (tertiary/aromatic N) is 1. The molecule has 0 fully saturated rings. The van der Waals surface area contributed by atoms with Crippen LogP contribution in [0.25, 0.3) is 10.6 Å². The Morgan fingerprint density at radius 3 is 2.77 bits per heavy atom. The van der Waals surface area contributed by atoms with Crippen LogP contribution in [-0.2, 0) is 16.1 Å². The van der Waals surface area contributed by atoms with Gasteiger partial charge in [-0.2, -0.15) is 0 Å². The molecular formula is C19H15ClN2O3S. The van der Waals surface area contributed by atoms with Gasteiger partial charge in [-0.15, -0.1) is 11.3 Å². The third-order valence-electron chi connectivity index (χ3n) is 3.43. The molecule has 3 aromatic rings. The van der Waals surface area contributed by atoms with Gasteiger partial charge in [-0.25, -0.2) is 9.78 Å². The van der Waals surface area contributed by atoms with Gasteiger partial charge in [0.05, 0.1) is 16.3 Å². The van der Waals surface area contributed by atoms with E-state index in [-0.39, 0.29) is 12.5 Å². The molecule has 0 radical (unpaired) electrons. The number of amides is 1. The summed E-state index contributed by atoms with van der Waals surface area (Å²) in [6.45, 7) is 1.47. The number of aromatic nitrogens is 1. The van der Waals surface area contributed by atoms with E-state index < -0.39 is 5.97 Å². The highest BCUT2D eigenvalue weighted by molar-refractivity contribution is 7.13. The van der Waals surface area contributed by atoms with Crippen molar-refractivity contribution in [3.05, 3.63) is 70.2 Å². The molecule has 1 N–H and O–H groups in total. The van der Waals surface area contributed by atoms with Crippen LogP contribution in [-0.4, -0.2) is 16.9 Å². The number of thiazole rings is 1. The zero-order valence-electron chi connectivity index (χ0n) is 13.9. The lowest BCUT2D eigenvalue weighted by atomic mass is 10.2. The molecule has 0 aliphatic heterocycles. The number of esters is 1. The molecule has 5 nitrogen and oxygen atoms in total. The highest BCUT2D eigenvalue weighted by Gasteiger charge is 2.12. The highest BCUT2D eigenvalue weighted by atomic mass is 35.5. The molecule has 1 aromatic heterocycles. The summed E-state index contributed by atoms with van der Waals surface area (Å²) in [5.41, 5.74) is 2.40. The van der Waals surface area contributed by atoms with E-state index in [2.05, 4.69) is 10.3 Å². The Bertz CT molecular complexity index is 955. The van der Waals surface area contributed by atoms with Crippen LogP contribution in [0, 0.1) is 0 Å². The maximum atomic E-state index is 12.2. The predicted octanol–water partition coefficient (Wildman–Crippen LogP) is 4.78. The lowest BCUT2D eigenvalue weighted by Gasteiger charge is -2.06. The molecule has 0 saturated heterocycles. The first-order valence-electron chi connectivity index (χ1n) is 7.77. The first kappa shape index (κ1) is 18.1. The Hall–Kier alpha value is -2.70. The van der Waals surface area contributed by atoms with Crippen LogP contribution in [0.4, 0.5) is 5.69 Å². The number of hydrogen-bond acceptors (Lipinski definition) is 5. The molecule has 0 aliphatic rings. The number of halogens is 1. The van der Waals surface area contributed by atoms with E-state index in [9.17, 15) is 9.59 Å². The molecule has 0 aliphatic carbocycles. The Kier molecular flexibility index (Phi) is 5.65. The number of anilines is 1. The topological polar surface area (TPSA) is 68.3 Å². The minimum Gasteiger partial charge on any atom is -0.456 e. The largest absolute Gasteiger partial charge is 0.456 e. The fourth-order valence-corrected chi connectivity index (χ4v) is 3.41. The monoisotopic (exact) mass is 386 g/mol. The molecule has 1 amide bonds. The summed E-state index contributed by atoms with van der Waals surface area (Å²) in [5.74, 6) is -0.686. The molecule has 132 valence electrons. The molecule has 0 bridgehead atoms. The summed E-state index contributed by atoms with van der Waals surface area (Å²) in [4.78, 5) is 27.8. The third-order valence-corrected chi connectivity index (χ3v) is 4.68. The molecule has 0 unspecified atom stereocenters. The van der Waals surface area contributed by atoms with E-state index in [0.29, 0.717) is 22.0 Å². The van der Waals surface area contributed by atoms with Crippen molar-refractivity contribution in [1.29, 1.82) is 0 Å². The number of benzene rings is 2. The van der Waals surface area contributed by atoms with Crippen molar-refractivity contribution in [2.75, 3.05) is 5.32 Å². The van der Waals surface area contributed by atoms with Crippen molar-refractivity contribution in [2.45, 2.75) is 13.5 Å². The van der Waals surface area contributed by atoms with E-state index in [4.69, 9.17) is 16.3 Å². The lowest BCUT2D eigenvalue weighted by Crippen LogP contribution is -2.09. The van der Waals surface area contributed by atoms with E-state index in [1.807, 2.05) is 23.6 Å². The zero-order valence-corrected chi connectivity index (χ0v) is 15.4. The number of rotatable bonds is 5. The summed E-state index contributed by atoms with van der Waals surface area (Å²) >= 11 is 7.62. The minimum atomic E-state index is -0.482. The number of carbonyl (C=O) groups excluding carboxylic acids is 2. The Balaban J connectivity index is 1.65. The second-order valence-corrected chi connectivity index (χ2v) is 6.73. The van der Waals surface area contributed by atoms with E-state index >= 15 is 0 Å². The fraction of sp³-hybridized carbons (Fsp3) is 0.105. The van der Waals surface area contributed by atoms with Crippen LogP contribution in [0.15, 0.2) is 53.9 Å². The SMILES string of the molecule is CC(=O)Nc1cccc(C(=O)OCc2csc(-c3ccccc3Cl)n2)c1. The van der Waals surface area contributed by atoms with Gasteiger partial charge < -0.3 is 10.1 Å². The second-order valence-electron chi connectivity index (χ2n) is 5.46. The molecule has 7 heteroatoms. The van der Waals surface area contributed by atoms with Gasteiger partial charge in [0.25, 0.3) is 0 Å². The van der Waals surface area contributed by atoms with Crippen LogP contribution in [0.1, 0.15) is 23.0 Å². The highest BCUT2D eigenvalue weighted by Crippen LogP contribution is 2.30. The molecule has 0 spiro atoms. The van der Waals surface area contributed by atoms with Gasteiger partial charge in [0, 0.05) is 23.6 Å². The number of nitrogens with one attached hydrogen (secondary N) is 1. The molecule has 0 atom stereocenters. The minimum absolute atomic E-state index is 0.0597. The van der Waals surface area contributed by atoms with Crippen LogP contribution in [0.5, 0.6) is 0 Å². The van der Waals surface area contributed by atoms with Gasteiger partial charge in [0.15, 0.2) is 0 Å². The fourth-order valence-electron chi connectivity index (χ4n) is 2.28. The van der Waals surface area contributed by atoms with Crippen LogP contribution >= 0.6 is 22.9 Å². The average molecular weight is 387 g/mol. The van der Waals surface area contributed by atoms with Gasteiger partial charge in [-0.3, -0.25) is 4.79 Å². The van der Waals surface area contributed by atoms with Crippen LogP contribution in [0.2, 0.25) is 5.02 Å². The van der Waals surface area contributed by atoms with Gasteiger partial charge in [0.2, 0.25) is 5.91 Å². The van der Waals surface area contributed by atoms with E-state index in [0.717, 1.165) is 10.6 Å². The summed E-state index contributed by atoms with van der Waals surface area (Å²) in [5, 5.41) is 5.86. The molecule has 3 rings (SSSR count). The molecule has 0 saturated carbocycles. The standard InChI is InChI=1S/C19H15ClN2O3S/c1-12(23)21-14-6-4-5-13(9-14)19(24)25-10-15-11-26-18(22-15)16-7-2-3-8-17(16)20/h2-9,11H,10H2,1H3,(H,21,23). The summed E-state index contributed by atoms with van der Waals surface area (Å²) in [7, 11) is 0. The van der Waals surface area contributed by atoms with E-state index in [1.165, 1.54) is 18.3 Å². The van der Waals surface area contributed by atoms with Gasteiger partial charge in [-0.1, -0.05) is 35.9 Å². The second kappa shape index (κ2) is 8.12. The molecule has 2 aromatic carbocycles. The Morgan fingerprint density at radius 1 is 1.19 bits per heavy atom. The Labute approximate surface area is 159 Å². The summed E-state index contributed by atoms with van der Waals surface area (Å²) < 4.78 is 5.31.